The van der Waals surface area contributed by atoms with Crippen molar-refractivity contribution in [3.8, 4) is 0 Å². The Kier molecular flexibility index (Phi) is 5.42. The number of rotatable bonds is 5. The van der Waals surface area contributed by atoms with Gasteiger partial charge in [-0.05, 0) is 30.5 Å². The Labute approximate surface area is 106 Å². The van der Waals surface area contributed by atoms with Crippen LogP contribution in [0, 0.1) is 0 Å². The van der Waals surface area contributed by atoms with Gasteiger partial charge in [-0.3, -0.25) is 11.3 Å². The molecule has 0 amide bonds. The van der Waals surface area contributed by atoms with E-state index in [1.807, 2.05) is 24.3 Å². The molecule has 0 fully saturated rings. The van der Waals surface area contributed by atoms with E-state index in [-0.39, 0.29) is 12.5 Å². The van der Waals surface area contributed by atoms with Gasteiger partial charge in [0.25, 0.3) is 0 Å². The molecule has 1 rings (SSSR count). The summed E-state index contributed by atoms with van der Waals surface area (Å²) in [5.74, 6) is 5.25. The van der Waals surface area contributed by atoms with Gasteiger partial charge in [-0.25, -0.2) is 0 Å². The van der Waals surface area contributed by atoms with Crippen molar-refractivity contribution < 1.29 is 13.2 Å². The number of hydrazine groups is 1. The van der Waals surface area contributed by atoms with Crippen molar-refractivity contribution in [2.45, 2.75) is 31.5 Å². The van der Waals surface area contributed by atoms with Gasteiger partial charge in [0.2, 0.25) is 0 Å². The molecule has 1 atom stereocenters. The van der Waals surface area contributed by atoms with Gasteiger partial charge in [-0.15, -0.1) is 0 Å². The molecule has 2 nitrogen and oxygen atoms in total. The highest BCUT2D eigenvalue weighted by Gasteiger charge is 2.28. The molecule has 0 aliphatic rings. The van der Waals surface area contributed by atoms with Gasteiger partial charge in [0.1, 0.15) is 0 Å². The van der Waals surface area contributed by atoms with Gasteiger partial charge in [0, 0.05) is 16.9 Å². The Bertz CT molecular complexity index is 338. The molecule has 0 spiro atoms. The zero-order valence-electron chi connectivity index (χ0n) is 9.10. The lowest BCUT2D eigenvalue weighted by Crippen LogP contribution is -2.37. The maximum atomic E-state index is 12.1. The minimum Gasteiger partial charge on any atom is -0.271 e. The third-order valence-corrected chi connectivity index (χ3v) is 2.94. The second kappa shape index (κ2) is 6.37. The summed E-state index contributed by atoms with van der Waals surface area (Å²) in [5.41, 5.74) is 3.38. The van der Waals surface area contributed by atoms with Crippen molar-refractivity contribution in [3.05, 3.63) is 34.3 Å². The molecule has 0 aliphatic carbocycles. The van der Waals surface area contributed by atoms with Crippen molar-refractivity contribution >= 4 is 15.9 Å². The number of alkyl halides is 3. The minimum absolute atomic E-state index is 0.0178. The molecule has 0 aliphatic heterocycles. The van der Waals surface area contributed by atoms with Crippen LogP contribution in [-0.2, 0) is 6.42 Å². The molecule has 0 saturated heterocycles. The second-order valence-corrected chi connectivity index (χ2v) is 4.76. The summed E-state index contributed by atoms with van der Waals surface area (Å²) in [7, 11) is 0. The van der Waals surface area contributed by atoms with Gasteiger partial charge in [0.15, 0.2) is 0 Å². The summed E-state index contributed by atoms with van der Waals surface area (Å²) in [5, 5.41) is 0. The topological polar surface area (TPSA) is 38.0 Å². The van der Waals surface area contributed by atoms with Crippen molar-refractivity contribution in [1.29, 1.82) is 0 Å². The third kappa shape index (κ3) is 6.05. The molecule has 0 aromatic heterocycles. The monoisotopic (exact) mass is 310 g/mol. The van der Waals surface area contributed by atoms with Crippen LogP contribution in [0.25, 0.3) is 0 Å². The summed E-state index contributed by atoms with van der Waals surface area (Å²) in [6.45, 7) is 0. The highest BCUT2D eigenvalue weighted by molar-refractivity contribution is 9.10. The first-order valence-electron chi connectivity index (χ1n) is 5.18. The van der Waals surface area contributed by atoms with E-state index < -0.39 is 12.6 Å². The van der Waals surface area contributed by atoms with Crippen LogP contribution in [0.4, 0.5) is 13.2 Å². The molecule has 6 heteroatoms. The number of nitrogens with two attached hydrogens (primary N) is 1. The number of benzene rings is 1. The van der Waals surface area contributed by atoms with Crippen LogP contribution >= 0.6 is 15.9 Å². The summed E-state index contributed by atoms with van der Waals surface area (Å²) < 4.78 is 37.1. The van der Waals surface area contributed by atoms with E-state index in [9.17, 15) is 13.2 Å². The smallest absolute Gasteiger partial charge is 0.271 e. The van der Waals surface area contributed by atoms with Crippen LogP contribution in [-0.4, -0.2) is 12.2 Å². The fourth-order valence-electron chi connectivity index (χ4n) is 1.49. The van der Waals surface area contributed by atoms with Crippen molar-refractivity contribution in [2.75, 3.05) is 0 Å². The SMILES string of the molecule is NNC(CCC(F)(F)F)Cc1ccc(Br)cc1. The molecule has 0 radical (unpaired) electrons. The fourth-order valence-corrected chi connectivity index (χ4v) is 1.75. The summed E-state index contributed by atoms with van der Waals surface area (Å²) in [4.78, 5) is 0. The number of halogens is 4. The Hall–Kier alpha value is -0.590. The summed E-state index contributed by atoms with van der Waals surface area (Å²) in [6.07, 6.45) is -4.48. The molecule has 96 valence electrons. The van der Waals surface area contributed by atoms with Crippen molar-refractivity contribution in [1.82, 2.24) is 5.43 Å². The first-order valence-corrected chi connectivity index (χ1v) is 5.97. The molecule has 17 heavy (non-hydrogen) atoms. The highest BCUT2D eigenvalue weighted by atomic mass is 79.9. The Balaban J connectivity index is 2.49. The van der Waals surface area contributed by atoms with E-state index in [2.05, 4.69) is 21.4 Å². The number of nitrogens with one attached hydrogen (secondary N) is 1. The van der Waals surface area contributed by atoms with E-state index in [0.29, 0.717) is 6.42 Å². The van der Waals surface area contributed by atoms with Gasteiger partial charge in [-0.2, -0.15) is 13.2 Å². The van der Waals surface area contributed by atoms with E-state index in [4.69, 9.17) is 5.84 Å². The standard InChI is InChI=1S/C11H14BrF3N2/c12-9-3-1-8(2-4-9)7-10(17-16)5-6-11(13,14)15/h1-4,10,17H,5-7,16H2. The van der Waals surface area contributed by atoms with E-state index in [0.717, 1.165) is 10.0 Å². The van der Waals surface area contributed by atoms with Gasteiger partial charge >= 0.3 is 6.18 Å². The summed E-state index contributed by atoms with van der Waals surface area (Å²) in [6, 6.07) is 7.07. The van der Waals surface area contributed by atoms with Crippen LogP contribution in [0.3, 0.4) is 0 Å². The Morgan fingerprint density at radius 2 is 1.82 bits per heavy atom. The zero-order valence-corrected chi connectivity index (χ0v) is 10.7. The lowest BCUT2D eigenvalue weighted by Gasteiger charge is -2.16. The third-order valence-electron chi connectivity index (χ3n) is 2.41. The van der Waals surface area contributed by atoms with Gasteiger partial charge in [0.05, 0.1) is 0 Å². The molecule has 0 bridgehead atoms. The van der Waals surface area contributed by atoms with E-state index >= 15 is 0 Å². The quantitative estimate of drug-likeness (QED) is 0.647. The lowest BCUT2D eigenvalue weighted by molar-refractivity contribution is -0.136. The normalized spacial score (nSPS) is 13.7. The predicted molar refractivity (Wildman–Crippen MR) is 64.2 cm³/mol. The Morgan fingerprint density at radius 3 is 2.29 bits per heavy atom. The maximum Gasteiger partial charge on any atom is 0.389 e. The van der Waals surface area contributed by atoms with Crippen molar-refractivity contribution in [3.63, 3.8) is 0 Å². The van der Waals surface area contributed by atoms with Crippen molar-refractivity contribution in [2.24, 2.45) is 5.84 Å². The molecule has 0 heterocycles. The molecule has 0 saturated carbocycles. The predicted octanol–water partition coefficient (Wildman–Crippen LogP) is 3.17. The Morgan fingerprint density at radius 1 is 1.24 bits per heavy atom. The number of hydrogen-bond acceptors (Lipinski definition) is 2. The lowest BCUT2D eigenvalue weighted by atomic mass is 10.0. The molecule has 3 N–H and O–H groups in total. The average molecular weight is 311 g/mol. The van der Waals surface area contributed by atoms with Crippen LogP contribution < -0.4 is 11.3 Å². The minimum atomic E-state index is -4.13. The van der Waals surface area contributed by atoms with Crippen LogP contribution in [0.2, 0.25) is 0 Å². The molecular weight excluding hydrogens is 297 g/mol. The zero-order chi connectivity index (χ0) is 12.9. The first-order chi connectivity index (χ1) is 7.90. The molecule has 1 unspecified atom stereocenters. The molecule has 1 aromatic rings. The molecule has 1 aromatic carbocycles. The second-order valence-electron chi connectivity index (χ2n) is 3.85. The van der Waals surface area contributed by atoms with Crippen LogP contribution in [0.15, 0.2) is 28.7 Å². The fraction of sp³-hybridized carbons (Fsp3) is 0.455. The van der Waals surface area contributed by atoms with E-state index in [1.54, 1.807) is 0 Å². The average Bonchev–Trinajstić information content (AvgIpc) is 2.25. The van der Waals surface area contributed by atoms with Gasteiger partial charge < -0.3 is 0 Å². The van der Waals surface area contributed by atoms with Gasteiger partial charge in [-0.1, -0.05) is 28.1 Å². The highest BCUT2D eigenvalue weighted by Crippen LogP contribution is 2.23. The van der Waals surface area contributed by atoms with Crippen LogP contribution in [0.5, 0.6) is 0 Å². The summed E-state index contributed by atoms with van der Waals surface area (Å²) >= 11 is 3.30. The largest absolute Gasteiger partial charge is 0.389 e. The first kappa shape index (κ1) is 14.5. The molecular formula is C11H14BrF3N2. The van der Waals surface area contributed by atoms with E-state index in [1.165, 1.54) is 0 Å². The van der Waals surface area contributed by atoms with Crippen LogP contribution in [0.1, 0.15) is 18.4 Å². The number of hydrogen-bond donors (Lipinski definition) is 2. The maximum absolute atomic E-state index is 12.1.